The lowest BCUT2D eigenvalue weighted by atomic mass is 10.1. The van der Waals surface area contributed by atoms with Gasteiger partial charge in [0.25, 0.3) is 5.56 Å². The second kappa shape index (κ2) is 8.51. The van der Waals surface area contributed by atoms with Crippen LogP contribution in [0.1, 0.15) is 10.8 Å². The molecule has 1 atom stereocenters. The molecule has 2 aromatic carbocycles. The van der Waals surface area contributed by atoms with Gasteiger partial charge in [-0.25, -0.2) is 4.98 Å². The van der Waals surface area contributed by atoms with Crippen LogP contribution < -0.4 is 5.56 Å². The summed E-state index contributed by atoms with van der Waals surface area (Å²) in [4.78, 5) is 36.8. The number of aromatic nitrogens is 3. The highest BCUT2D eigenvalue weighted by molar-refractivity contribution is 8.00. The second-order valence-electron chi connectivity index (χ2n) is 6.90. The van der Waals surface area contributed by atoms with E-state index in [1.165, 1.54) is 16.3 Å². The van der Waals surface area contributed by atoms with Crippen molar-refractivity contribution in [2.45, 2.75) is 10.4 Å². The van der Waals surface area contributed by atoms with Gasteiger partial charge in [-0.1, -0.05) is 54.2 Å². The summed E-state index contributed by atoms with van der Waals surface area (Å²) in [7, 11) is 3.45. The predicted octanol–water partition coefficient (Wildman–Crippen LogP) is 3.70. The van der Waals surface area contributed by atoms with Crippen molar-refractivity contribution >= 4 is 28.6 Å². The van der Waals surface area contributed by atoms with Gasteiger partial charge in [0.2, 0.25) is 5.91 Å². The van der Waals surface area contributed by atoms with E-state index >= 15 is 0 Å². The number of carbonyl (C=O) groups is 1. The first-order valence-corrected chi connectivity index (χ1v) is 10.3. The summed E-state index contributed by atoms with van der Waals surface area (Å²) in [5.74, 6) is -0.0775. The molecule has 7 heteroatoms. The fourth-order valence-electron chi connectivity index (χ4n) is 3.13. The van der Waals surface area contributed by atoms with E-state index in [4.69, 9.17) is 4.98 Å². The fraction of sp³-hybridized carbons (Fsp3) is 0.130. The van der Waals surface area contributed by atoms with Crippen LogP contribution in [-0.4, -0.2) is 39.4 Å². The van der Waals surface area contributed by atoms with Crippen molar-refractivity contribution in [3.63, 3.8) is 0 Å². The molecule has 0 radical (unpaired) electrons. The summed E-state index contributed by atoms with van der Waals surface area (Å²) in [5, 5.41) is 0.411. The van der Waals surface area contributed by atoms with E-state index < -0.39 is 5.25 Å². The molecule has 0 saturated carbocycles. The Kier molecular flexibility index (Phi) is 5.63. The van der Waals surface area contributed by atoms with Crippen LogP contribution in [0.5, 0.6) is 0 Å². The first-order chi connectivity index (χ1) is 14.6. The number of benzene rings is 2. The minimum Gasteiger partial charge on any atom is -0.348 e. The molecule has 0 spiro atoms. The molecule has 30 heavy (non-hydrogen) atoms. The lowest BCUT2D eigenvalue weighted by molar-refractivity contribution is -0.128. The van der Waals surface area contributed by atoms with E-state index in [0.29, 0.717) is 21.7 Å². The lowest BCUT2D eigenvalue weighted by Crippen LogP contribution is -2.28. The van der Waals surface area contributed by atoms with E-state index in [2.05, 4.69) is 4.98 Å². The number of thioether (sulfide) groups is 1. The molecule has 6 nitrogen and oxygen atoms in total. The number of rotatable bonds is 5. The normalized spacial score (nSPS) is 11.9. The molecule has 0 aliphatic rings. The summed E-state index contributed by atoms with van der Waals surface area (Å²) in [6.07, 6.45) is 3.27. The van der Waals surface area contributed by atoms with Gasteiger partial charge in [0, 0.05) is 20.3 Å². The van der Waals surface area contributed by atoms with Crippen LogP contribution in [0.2, 0.25) is 0 Å². The molecule has 0 fully saturated rings. The number of hydrogen-bond donors (Lipinski definition) is 0. The third kappa shape index (κ3) is 3.84. The van der Waals surface area contributed by atoms with Crippen LogP contribution in [-0.2, 0) is 4.79 Å². The largest absolute Gasteiger partial charge is 0.348 e. The summed E-state index contributed by atoms with van der Waals surface area (Å²) < 4.78 is 1.53. The van der Waals surface area contributed by atoms with Crippen LogP contribution in [0, 0.1) is 0 Å². The summed E-state index contributed by atoms with van der Waals surface area (Å²) >= 11 is 1.26. The van der Waals surface area contributed by atoms with Crippen molar-refractivity contribution in [2.24, 2.45) is 0 Å². The van der Waals surface area contributed by atoms with E-state index in [0.717, 1.165) is 5.56 Å². The Balaban J connectivity index is 1.92. The van der Waals surface area contributed by atoms with Crippen molar-refractivity contribution in [3.8, 4) is 5.69 Å². The Morgan fingerprint density at radius 3 is 2.43 bits per heavy atom. The summed E-state index contributed by atoms with van der Waals surface area (Å²) in [6.45, 7) is 0. The number of nitrogens with zero attached hydrogens (tertiary/aromatic N) is 4. The molecule has 1 amide bonds. The summed E-state index contributed by atoms with van der Waals surface area (Å²) in [6, 6.07) is 20.3. The number of amides is 1. The third-order valence-electron chi connectivity index (χ3n) is 4.64. The molecule has 4 aromatic rings. The van der Waals surface area contributed by atoms with Gasteiger partial charge in [0.1, 0.15) is 5.25 Å². The number of carbonyl (C=O) groups excluding carboxylic acids is 1. The highest BCUT2D eigenvalue weighted by Crippen LogP contribution is 2.36. The average molecular weight is 417 g/mol. The maximum atomic E-state index is 13.4. The van der Waals surface area contributed by atoms with E-state index in [9.17, 15) is 9.59 Å². The van der Waals surface area contributed by atoms with Crippen molar-refractivity contribution in [3.05, 3.63) is 95.0 Å². The monoisotopic (exact) mass is 416 g/mol. The standard InChI is InChI=1S/C23H20N4O2S/c1-26(2)22(29)20(16-9-4-3-5-10-16)30-23-25-19-13-7-6-12-18(19)21(28)27(23)17-11-8-14-24-15-17/h3-15,20H,1-2H3/t20-/m1/s1. The summed E-state index contributed by atoms with van der Waals surface area (Å²) in [5.41, 5.74) is 1.85. The lowest BCUT2D eigenvalue weighted by Gasteiger charge is -2.22. The van der Waals surface area contributed by atoms with Gasteiger partial charge < -0.3 is 4.90 Å². The molecule has 0 saturated heterocycles. The highest BCUT2D eigenvalue weighted by Gasteiger charge is 2.26. The molecule has 0 unspecified atom stereocenters. The molecule has 150 valence electrons. The third-order valence-corrected chi connectivity index (χ3v) is 5.83. The highest BCUT2D eigenvalue weighted by atomic mass is 32.2. The molecule has 2 aromatic heterocycles. The zero-order valence-corrected chi connectivity index (χ0v) is 17.4. The van der Waals surface area contributed by atoms with Gasteiger partial charge in [-0.05, 0) is 29.8 Å². The maximum Gasteiger partial charge on any atom is 0.266 e. The van der Waals surface area contributed by atoms with E-state index in [-0.39, 0.29) is 11.5 Å². The van der Waals surface area contributed by atoms with Gasteiger partial charge in [-0.15, -0.1) is 0 Å². The first-order valence-electron chi connectivity index (χ1n) is 9.41. The maximum absolute atomic E-state index is 13.4. The van der Waals surface area contributed by atoms with Gasteiger partial charge in [-0.2, -0.15) is 0 Å². The Morgan fingerprint density at radius 1 is 1.00 bits per heavy atom. The minimum atomic E-state index is -0.544. The molecule has 0 aliphatic heterocycles. The molecular formula is C23H20N4O2S. The Bertz CT molecular complexity index is 1240. The number of hydrogen-bond acceptors (Lipinski definition) is 5. The first kappa shape index (κ1) is 19.8. The number of likely N-dealkylation sites (N-methyl/N-ethyl adjacent to an activating group) is 1. The second-order valence-corrected chi connectivity index (χ2v) is 7.98. The van der Waals surface area contributed by atoms with Gasteiger partial charge >= 0.3 is 0 Å². The van der Waals surface area contributed by atoms with Gasteiger partial charge in [0.05, 0.1) is 22.8 Å². The molecule has 0 N–H and O–H groups in total. The zero-order valence-electron chi connectivity index (χ0n) is 16.6. The number of para-hydroxylation sites is 1. The Labute approximate surface area is 178 Å². The van der Waals surface area contributed by atoms with Crippen LogP contribution in [0.15, 0.2) is 89.1 Å². The molecule has 0 bridgehead atoms. The molecule has 2 heterocycles. The van der Waals surface area contributed by atoms with E-state index in [1.807, 2.05) is 42.5 Å². The van der Waals surface area contributed by atoms with Crippen LogP contribution in [0.3, 0.4) is 0 Å². The van der Waals surface area contributed by atoms with Gasteiger partial charge in [-0.3, -0.25) is 19.1 Å². The van der Waals surface area contributed by atoms with Crippen LogP contribution in [0.4, 0.5) is 0 Å². The average Bonchev–Trinajstić information content (AvgIpc) is 2.78. The molecular weight excluding hydrogens is 396 g/mol. The Hall–Kier alpha value is -3.45. The van der Waals surface area contributed by atoms with Crippen molar-refractivity contribution in [1.29, 1.82) is 0 Å². The topological polar surface area (TPSA) is 68.1 Å². The van der Waals surface area contributed by atoms with Crippen molar-refractivity contribution in [2.75, 3.05) is 14.1 Å². The van der Waals surface area contributed by atoms with Crippen LogP contribution >= 0.6 is 11.8 Å². The SMILES string of the molecule is CN(C)C(=O)[C@H](Sc1nc2ccccc2c(=O)n1-c1cccnc1)c1ccccc1. The molecule has 0 aliphatic carbocycles. The predicted molar refractivity (Wildman–Crippen MR) is 119 cm³/mol. The van der Waals surface area contributed by atoms with Crippen molar-refractivity contribution in [1.82, 2.24) is 19.4 Å². The Morgan fingerprint density at radius 2 is 1.73 bits per heavy atom. The van der Waals surface area contributed by atoms with Crippen molar-refractivity contribution < 1.29 is 4.79 Å². The zero-order chi connectivity index (χ0) is 21.1. The number of fused-ring (bicyclic) bond motifs is 1. The minimum absolute atomic E-state index is 0.0775. The molecule has 4 rings (SSSR count). The smallest absolute Gasteiger partial charge is 0.266 e. The van der Waals surface area contributed by atoms with Gasteiger partial charge in [0.15, 0.2) is 5.16 Å². The fourth-order valence-corrected chi connectivity index (χ4v) is 4.39. The van der Waals surface area contributed by atoms with Crippen LogP contribution in [0.25, 0.3) is 16.6 Å². The quantitative estimate of drug-likeness (QED) is 0.367. The van der Waals surface area contributed by atoms with E-state index in [1.54, 1.807) is 55.7 Å². The number of pyridine rings is 1.